The Morgan fingerprint density at radius 2 is 2.00 bits per heavy atom. The van der Waals surface area contributed by atoms with Crippen LogP contribution in [0.5, 0.6) is 0 Å². The van der Waals surface area contributed by atoms with Crippen LogP contribution in [0.2, 0.25) is 0 Å². The SMILES string of the molecule is CO/C=C1/C(=O)OC(=O)c2ccc(Br)cc21. The highest BCUT2D eigenvalue weighted by Gasteiger charge is 2.30. The zero-order valence-corrected chi connectivity index (χ0v) is 9.91. The molecule has 82 valence electrons. The minimum absolute atomic E-state index is 0.235. The zero-order valence-electron chi connectivity index (χ0n) is 8.32. The Morgan fingerprint density at radius 1 is 1.25 bits per heavy atom. The van der Waals surface area contributed by atoms with Crippen molar-refractivity contribution < 1.29 is 19.1 Å². The van der Waals surface area contributed by atoms with Gasteiger partial charge >= 0.3 is 11.9 Å². The molecular weight excluding hydrogens is 276 g/mol. The molecule has 1 aliphatic rings. The number of esters is 2. The van der Waals surface area contributed by atoms with Gasteiger partial charge in [-0.15, -0.1) is 0 Å². The van der Waals surface area contributed by atoms with E-state index in [4.69, 9.17) is 4.74 Å². The van der Waals surface area contributed by atoms with Crippen LogP contribution in [0.1, 0.15) is 15.9 Å². The molecule has 0 saturated heterocycles. The summed E-state index contributed by atoms with van der Waals surface area (Å²) in [5.74, 6) is -1.33. The normalized spacial score (nSPS) is 17.0. The van der Waals surface area contributed by atoms with Crippen LogP contribution in [0.25, 0.3) is 5.57 Å². The molecule has 0 amide bonds. The Hall–Kier alpha value is -1.62. The van der Waals surface area contributed by atoms with Gasteiger partial charge < -0.3 is 9.47 Å². The van der Waals surface area contributed by atoms with Gasteiger partial charge in [0, 0.05) is 10.0 Å². The van der Waals surface area contributed by atoms with Crippen LogP contribution in [-0.4, -0.2) is 19.0 Å². The fraction of sp³-hybridized carbons (Fsp3) is 0.0909. The first-order valence-corrected chi connectivity index (χ1v) is 5.22. The average molecular weight is 283 g/mol. The van der Waals surface area contributed by atoms with Gasteiger partial charge in [-0.2, -0.15) is 0 Å². The molecule has 0 spiro atoms. The Bertz CT molecular complexity index is 505. The average Bonchev–Trinajstić information content (AvgIpc) is 2.23. The van der Waals surface area contributed by atoms with Gasteiger partial charge in [-0.1, -0.05) is 15.9 Å². The van der Waals surface area contributed by atoms with Gasteiger partial charge in [0.1, 0.15) is 5.57 Å². The Balaban J connectivity index is 2.65. The molecule has 1 aromatic rings. The molecule has 0 aliphatic carbocycles. The summed E-state index contributed by atoms with van der Waals surface area (Å²) in [6.07, 6.45) is 1.26. The highest BCUT2D eigenvalue weighted by molar-refractivity contribution is 9.10. The lowest BCUT2D eigenvalue weighted by atomic mass is 9.98. The van der Waals surface area contributed by atoms with Crippen molar-refractivity contribution in [3.05, 3.63) is 40.1 Å². The minimum atomic E-state index is -0.697. The van der Waals surface area contributed by atoms with E-state index in [0.717, 1.165) is 4.47 Å². The maximum Gasteiger partial charge on any atom is 0.349 e. The van der Waals surface area contributed by atoms with E-state index in [1.54, 1.807) is 18.2 Å². The maximum atomic E-state index is 11.5. The number of benzene rings is 1. The molecule has 1 aliphatic heterocycles. The summed E-state index contributed by atoms with van der Waals surface area (Å²) in [5.41, 5.74) is 1.10. The Morgan fingerprint density at radius 3 is 2.69 bits per heavy atom. The molecule has 0 N–H and O–H groups in total. The topological polar surface area (TPSA) is 52.6 Å². The van der Waals surface area contributed by atoms with Crippen molar-refractivity contribution >= 4 is 33.4 Å². The molecule has 0 radical (unpaired) electrons. The molecule has 1 heterocycles. The van der Waals surface area contributed by atoms with E-state index in [2.05, 4.69) is 20.7 Å². The molecule has 4 nitrogen and oxygen atoms in total. The van der Waals surface area contributed by atoms with Crippen LogP contribution in [-0.2, 0) is 14.3 Å². The van der Waals surface area contributed by atoms with E-state index in [1.807, 2.05) is 0 Å². The number of hydrogen-bond donors (Lipinski definition) is 0. The lowest BCUT2D eigenvalue weighted by Gasteiger charge is -2.16. The van der Waals surface area contributed by atoms with Crippen molar-refractivity contribution in [1.29, 1.82) is 0 Å². The number of cyclic esters (lactones) is 2. The van der Waals surface area contributed by atoms with E-state index >= 15 is 0 Å². The van der Waals surface area contributed by atoms with Crippen LogP contribution in [0.3, 0.4) is 0 Å². The number of carbonyl (C=O) groups is 2. The van der Waals surface area contributed by atoms with Gasteiger partial charge in [0.25, 0.3) is 0 Å². The summed E-state index contributed by atoms with van der Waals surface area (Å²) in [6.45, 7) is 0. The highest BCUT2D eigenvalue weighted by Crippen LogP contribution is 2.29. The van der Waals surface area contributed by atoms with E-state index in [-0.39, 0.29) is 5.57 Å². The fourth-order valence-electron chi connectivity index (χ4n) is 1.45. The second-order valence-corrected chi connectivity index (χ2v) is 4.05. The number of rotatable bonds is 1. The molecule has 0 fully saturated rings. The molecule has 1 aromatic carbocycles. The predicted octanol–water partition coefficient (Wildman–Crippen LogP) is 2.13. The number of halogens is 1. The number of hydrogen-bond acceptors (Lipinski definition) is 4. The predicted molar refractivity (Wildman–Crippen MR) is 59.6 cm³/mol. The number of carbonyl (C=O) groups excluding carboxylic acids is 2. The third-order valence-electron chi connectivity index (χ3n) is 2.13. The first-order valence-electron chi connectivity index (χ1n) is 4.43. The van der Waals surface area contributed by atoms with Gasteiger partial charge in [-0.3, -0.25) is 0 Å². The molecule has 5 heteroatoms. The number of ether oxygens (including phenoxy) is 2. The minimum Gasteiger partial charge on any atom is -0.503 e. The monoisotopic (exact) mass is 282 g/mol. The highest BCUT2D eigenvalue weighted by atomic mass is 79.9. The smallest absolute Gasteiger partial charge is 0.349 e. The van der Waals surface area contributed by atoms with Crippen molar-refractivity contribution in [3.8, 4) is 0 Å². The maximum absolute atomic E-state index is 11.5. The third kappa shape index (κ3) is 1.74. The molecular formula is C11H7BrO4. The van der Waals surface area contributed by atoms with Gasteiger partial charge in [0.2, 0.25) is 0 Å². The quantitative estimate of drug-likeness (QED) is 0.343. The summed E-state index contributed by atoms with van der Waals surface area (Å²) in [5, 5.41) is 0. The van der Waals surface area contributed by atoms with Crippen molar-refractivity contribution in [3.63, 3.8) is 0 Å². The van der Waals surface area contributed by atoms with Crippen molar-refractivity contribution in [2.24, 2.45) is 0 Å². The van der Waals surface area contributed by atoms with Crippen LogP contribution >= 0.6 is 15.9 Å². The van der Waals surface area contributed by atoms with E-state index in [9.17, 15) is 9.59 Å². The van der Waals surface area contributed by atoms with Crippen molar-refractivity contribution in [1.82, 2.24) is 0 Å². The van der Waals surface area contributed by atoms with E-state index in [1.165, 1.54) is 13.4 Å². The molecule has 0 unspecified atom stereocenters. The summed E-state index contributed by atoms with van der Waals surface area (Å²) in [4.78, 5) is 22.9. The van der Waals surface area contributed by atoms with Crippen LogP contribution in [0, 0.1) is 0 Å². The molecule has 0 atom stereocenters. The first-order chi connectivity index (χ1) is 7.63. The Labute approximate surface area is 100.0 Å². The van der Waals surface area contributed by atoms with Crippen LogP contribution in [0.4, 0.5) is 0 Å². The van der Waals surface area contributed by atoms with Gasteiger partial charge in [0.05, 0.1) is 18.9 Å². The van der Waals surface area contributed by atoms with E-state index in [0.29, 0.717) is 11.1 Å². The van der Waals surface area contributed by atoms with Crippen LogP contribution in [0.15, 0.2) is 28.9 Å². The fourth-order valence-corrected chi connectivity index (χ4v) is 1.81. The van der Waals surface area contributed by atoms with Crippen molar-refractivity contribution in [2.75, 3.05) is 7.11 Å². The van der Waals surface area contributed by atoms with Gasteiger partial charge in [0.15, 0.2) is 0 Å². The molecule has 0 bridgehead atoms. The second-order valence-electron chi connectivity index (χ2n) is 3.13. The number of fused-ring (bicyclic) bond motifs is 1. The lowest BCUT2D eigenvalue weighted by molar-refractivity contribution is -0.131. The summed E-state index contributed by atoms with van der Waals surface area (Å²) < 4.78 is 10.1. The molecule has 0 saturated carbocycles. The largest absolute Gasteiger partial charge is 0.503 e. The van der Waals surface area contributed by atoms with Gasteiger partial charge in [-0.05, 0) is 18.2 Å². The van der Waals surface area contributed by atoms with E-state index < -0.39 is 11.9 Å². The van der Waals surface area contributed by atoms with Crippen molar-refractivity contribution in [2.45, 2.75) is 0 Å². The van der Waals surface area contributed by atoms with Gasteiger partial charge in [-0.25, -0.2) is 9.59 Å². The summed E-state index contributed by atoms with van der Waals surface area (Å²) in [6, 6.07) is 4.98. The first kappa shape index (κ1) is 10.9. The second kappa shape index (κ2) is 4.09. The summed E-state index contributed by atoms with van der Waals surface area (Å²) >= 11 is 3.28. The molecule has 0 aromatic heterocycles. The summed E-state index contributed by atoms with van der Waals surface area (Å²) in [7, 11) is 1.42. The third-order valence-corrected chi connectivity index (χ3v) is 2.63. The Kier molecular flexibility index (Phi) is 2.78. The molecule has 16 heavy (non-hydrogen) atoms. The van der Waals surface area contributed by atoms with Crippen LogP contribution < -0.4 is 0 Å². The standard InChI is InChI=1S/C11H7BrO4/c1-15-5-9-8-4-6(12)2-3-7(8)10(13)16-11(9)14/h2-5H,1H3/b9-5+. The molecule has 2 rings (SSSR count). The lowest BCUT2D eigenvalue weighted by Crippen LogP contribution is -2.22. The zero-order chi connectivity index (χ0) is 11.7. The number of methoxy groups -OCH3 is 1.